The summed E-state index contributed by atoms with van der Waals surface area (Å²) in [7, 11) is 0. The Kier molecular flexibility index (Phi) is 6.14. The number of ether oxygens (including phenoxy) is 1. The topological polar surface area (TPSA) is 29.5 Å². The first-order chi connectivity index (χ1) is 9.89. The fourth-order valence-corrected chi connectivity index (χ4v) is 4.20. The maximum absolute atomic E-state index is 9.62. The van der Waals surface area contributed by atoms with Crippen LogP contribution in [0.2, 0.25) is 0 Å². The zero-order chi connectivity index (χ0) is 15.5. The maximum Gasteiger partial charge on any atom is 0.0654 e. The van der Waals surface area contributed by atoms with E-state index in [1.807, 2.05) is 0 Å². The molecule has 0 unspecified atom stereocenters. The van der Waals surface area contributed by atoms with E-state index in [2.05, 4.69) is 27.7 Å². The molecule has 0 aromatic heterocycles. The molecule has 0 aromatic rings. The summed E-state index contributed by atoms with van der Waals surface area (Å²) in [4.78, 5) is 0. The first-order valence-corrected chi connectivity index (χ1v) is 9.21. The second-order valence-corrected chi connectivity index (χ2v) is 8.39. The van der Waals surface area contributed by atoms with E-state index < -0.39 is 0 Å². The Morgan fingerprint density at radius 2 is 1.52 bits per heavy atom. The molecule has 2 rings (SSSR count). The molecule has 2 nitrogen and oxygen atoms in total. The Balaban J connectivity index is 1.72. The van der Waals surface area contributed by atoms with Crippen molar-refractivity contribution in [1.29, 1.82) is 0 Å². The minimum absolute atomic E-state index is 0.0433. The van der Waals surface area contributed by atoms with Gasteiger partial charge >= 0.3 is 0 Å². The molecule has 21 heavy (non-hydrogen) atoms. The van der Waals surface area contributed by atoms with Gasteiger partial charge in [-0.1, -0.05) is 20.8 Å². The van der Waals surface area contributed by atoms with E-state index in [4.69, 9.17) is 4.74 Å². The summed E-state index contributed by atoms with van der Waals surface area (Å²) in [5.41, 5.74) is 0.119. The van der Waals surface area contributed by atoms with Crippen LogP contribution in [-0.4, -0.2) is 23.4 Å². The lowest BCUT2D eigenvalue weighted by Crippen LogP contribution is -2.37. The molecule has 0 spiro atoms. The number of rotatable bonds is 5. The van der Waals surface area contributed by atoms with Gasteiger partial charge in [0.25, 0.3) is 0 Å². The summed E-state index contributed by atoms with van der Waals surface area (Å²) in [6.45, 7) is 10.3. The molecule has 2 aliphatic rings. The van der Waals surface area contributed by atoms with E-state index >= 15 is 0 Å². The predicted molar refractivity (Wildman–Crippen MR) is 88.3 cm³/mol. The molecule has 0 aliphatic heterocycles. The summed E-state index contributed by atoms with van der Waals surface area (Å²) in [6, 6.07) is 0. The molecule has 0 bridgehead atoms. The molecular weight excluding hydrogens is 260 g/mol. The van der Waals surface area contributed by atoms with Gasteiger partial charge in [-0.25, -0.2) is 0 Å². The third-order valence-electron chi connectivity index (χ3n) is 6.27. The van der Waals surface area contributed by atoms with Crippen molar-refractivity contribution >= 4 is 0 Å². The molecule has 1 atom stereocenters. The van der Waals surface area contributed by atoms with Crippen molar-refractivity contribution in [2.75, 3.05) is 6.61 Å². The number of aliphatic hydroxyl groups excluding tert-OH is 1. The van der Waals surface area contributed by atoms with Crippen molar-refractivity contribution in [3.8, 4) is 0 Å². The van der Waals surface area contributed by atoms with Crippen LogP contribution in [0.1, 0.15) is 79.1 Å². The summed E-state index contributed by atoms with van der Waals surface area (Å²) in [6.07, 6.45) is 9.41. The summed E-state index contributed by atoms with van der Waals surface area (Å²) in [5, 5.41) is 9.62. The molecule has 1 N–H and O–H groups in total. The minimum Gasteiger partial charge on any atom is -0.393 e. The maximum atomic E-state index is 9.62. The van der Waals surface area contributed by atoms with Crippen molar-refractivity contribution in [2.45, 2.75) is 90.8 Å². The monoisotopic (exact) mass is 296 g/mol. The van der Waals surface area contributed by atoms with Gasteiger partial charge in [-0.2, -0.15) is 0 Å². The summed E-state index contributed by atoms with van der Waals surface area (Å²) >= 11 is 0. The standard InChI is InChI=1S/C19H36O2/c1-14(2)16-9-11-19(4,12-10-16)21-13-15(3)17-5-7-18(20)8-6-17/h14-18,20H,5-13H2,1-4H3/t15-,16?,17?,18?,19?/m0/s1. The molecule has 2 saturated carbocycles. The van der Waals surface area contributed by atoms with Gasteiger partial charge in [-0.3, -0.25) is 0 Å². The quantitative estimate of drug-likeness (QED) is 0.790. The molecular formula is C19H36O2. The Hall–Kier alpha value is -0.0800. The van der Waals surface area contributed by atoms with Crippen LogP contribution in [0.15, 0.2) is 0 Å². The van der Waals surface area contributed by atoms with E-state index in [1.54, 1.807) is 0 Å². The highest BCUT2D eigenvalue weighted by atomic mass is 16.5. The van der Waals surface area contributed by atoms with Gasteiger partial charge < -0.3 is 9.84 Å². The predicted octanol–water partition coefficient (Wildman–Crippen LogP) is 4.80. The Labute approximate surface area is 131 Å². The summed E-state index contributed by atoms with van der Waals surface area (Å²) in [5.74, 6) is 3.11. The Bertz CT molecular complexity index is 297. The van der Waals surface area contributed by atoms with Gasteiger partial charge in [0.2, 0.25) is 0 Å². The van der Waals surface area contributed by atoms with E-state index in [1.165, 1.54) is 38.5 Å². The van der Waals surface area contributed by atoms with Gasteiger partial charge in [0.1, 0.15) is 0 Å². The van der Waals surface area contributed by atoms with Crippen molar-refractivity contribution in [3.05, 3.63) is 0 Å². The molecule has 0 saturated heterocycles. The minimum atomic E-state index is -0.0433. The fraction of sp³-hybridized carbons (Fsp3) is 1.00. The van der Waals surface area contributed by atoms with E-state index in [0.717, 1.165) is 37.2 Å². The molecule has 0 amide bonds. The van der Waals surface area contributed by atoms with E-state index in [0.29, 0.717) is 5.92 Å². The molecule has 0 radical (unpaired) electrons. The first kappa shape index (κ1) is 17.3. The smallest absolute Gasteiger partial charge is 0.0654 e. The largest absolute Gasteiger partial charge is 0.393 e. The summed E-state index contributed by atoms with van der Waals surface area (Å²) < 4.78 is 6.38. The first-order valence-electron chi connectivity index (χ1n) is 9.21. The molecule has 124 valence electrons. The van der Waals surface area contributed by atoms with Crippen LogP contribution in [0.3, 0.4) is 0 Å². The van der Waals surface area contributed by atoms with Crippen molar-refractivity contribution < 1.29 is 9.84 Å². The normalized spacial score (nSPS) is 39.4. The average molecular weight is 296 g/mol. The average Bonchev–Trinajstić information content (AvgIpc) is 2.46. The van der Waals surface area contributed by atoms with Gasteiger partial charge in [-0.05, 0) is 82.0 Å². The highest BCUT2D eigenvalue weighted by Gasteiger charge is 2.34. The second kappa shape index (κ2) is 7.46. The lowest BCUT2D eigenvalue weighted by atomic mass is 9.75. The van der Waals surface area contributed by atoms with Crippen molar-refractivity contribution in [2.24, 2.45) is 23.7 Å². The fourth-order valence-electron chi connectivity index (χ4n) is 4.20. The van der Waals surface area contributed by atoms with E-state index in [9.17, 15) is 5.11 Å². The zero-order valence-corrected chi connectivity index (χ0v) is 14.6. The van der Waals surface area contributed by atoms with Crippen LogP contribution in [0.25, 0.3) is 0 Å². The van der Waals surface area contributed by atoms with Crippen LogP contribution >= 0.6 is 0 Å². The molecule has 0 aromatic carbocycles. The van der Waals surface area contributed by atoms with Crippen molar-refractivity contribution in [1.82, 2.24) is 0 Å². The Morgan fingerprint density at radius 3 is 2.05 bits per heavy atom. The zero-order valence-electron chi connectivity index (χ0n) is 14.6. The lowest BCUT2D eigenvalue weighted by Gasteiger charge is -2.40. The molecule has 2 aliphatic carbocycles. The van der Waals surface area contributed by atoms with Gasteiger partial charge in [-0.15, -0.1) is 0 Å². The van der Waals surface area contributed by atoms with Gasteiger partial charge in [0, 0.05) is 0 Å². The van der Waals surface area contributed by atoms with E-state index in [-0.39, 0.29) is 11.7 Å². The molecule has 2 heteroatoms. The van der Waals surface area contributed by atoms with Gasteiger partial charge in [0.15, 0.2) is 0 Å². The van der Waals surface area contributed by atoms with Crippen LogP contribution in [0.4, 0.5) is 0 Å². The van der Waals surface area contributed by atoms with Crippen LogP contribution in [-0.2, 0) is 4.74 Å². The molecule has 2 fully saturated rings. The lowest BCUT2D eigenvalue weighted by molar-refractivity contribution is -0.0874. The van der Waals surface area contributed by atoms with Crippen LogP contribution in [0.5, 0.6) is 0 Å². The third-order valence-corrected chi connectivity index (χ3v) is 6.27. The highest BCUT2D eigenvalue weighted by Crippen LogP contribution is 2.39. The van der Waals surface area contributed by atoms with Crippen LogP contribution < -0.4 is 0 Å². The SMILES string of the molecule is CC(C)C1CCC(C)(OC[C@H](C)C2CCC(O)CC2)CC1. The van der Waals surface area contributed by atoms with Crippen molar-refractivity contribution in [3.63, 3.8) is 0 Å². The van der Waals surface area contributed by atoms with Gasteiger partial charge in [0.05, 0.1) is 18.3 Å². The Morgan fingerprint density at radius 1 is 0.952 bits per heavy atom. The number of hydrogen-bond donors (Lipinski definition) is 1. The van der Waals surface area contributed by atoms with Crippen LogP contribution in [0, 0.1) is 23.7 Å². The number of hydrogen-bond acceptors (Lipinski definition) is 2. The highest BCUT2D eigenvalue weighted by molar-refractivity contribution is 4.85. The second-order valence-electron chi connectivity index (χ2n) is 8.39. The molecule has 0 heterocycles. The number of aliphatic hydroxyl groups is 1. The third kappa shape index (κ3) is 4.96.